The maximum atomic E-state index is 10.1. The molecule has 2 rings (SSSR count). The van der Waals surface area contributed by atoms with E-state index in [0.29, 0.717) is 19.2 Å². The van der Waals surface area contributed by atoms with Crippen LogP contribution in [-0.2, 0) is 0 Å². The van der Waals surface area contributed by atoms with Crippen molar-refractivity contribution in [2.24, 2.45) is 0 Å². The minimum Gasteiger partial charge on any atom is -0.490 e. The third-order valence-corrected chi connectivity index (χ3v) is 4.33. The molecule has 0 heterocycles. The Morgan fingerprint density at radius 1 is 1.14 bits per heavy atom. The molecule has 1 unspecified atom stereocenters. The summed E-state index contributed by atoms with van der Waals surface area (Å²) in [6.45, 7) is 5.05. The van der Waals surface area contributed by atoms with Crippen LogP contribution in [0.3, 0.4) is 0 Å². The zero-order chi connectivity index (χ0) is 15.1. The molecule has 0 amide bonds. The van der Waals surface area contributed by atoms with Gasteiger partial charge < -0.3 is 15.2 Å². The van der Waals surface area contributed by atoms with Crippen LogP contribution in [0.1, 0.15) is 49.7 Å². The molecule has 1 aromatic rings. The monoisotopic (exact) mass is 291 g/mol. The fourth-order valence-corrected chi connectivity index (χ4v) is 3.05. The summed E-state index contributed by atoms with van der Waals surface area (Å²) in [5.74, 6) is 0.908. The Morgan fingerprint density at radius 3 is 2.38 bits per heavy atom. The second kappa shape index (κ2) is 8.40. The standard InChI is InChI=1S/C18H29NO2/c1-14-8-7-9-15(2)18(14)21-13-17(20)12-19-16-10-5-3-4-6-11-16/h7-9,16-17,19-20H,3-6,10-13H2,1-2H3. The lowest BCUT2D eigenvalue weighted by atomic mass is 10.1. The molecule has 0 radical (unpaired) electrons. The molecule has 0 saturated heterocycles. The van der Waals surface area contributed by atoms with Gasteiger partial charge in [-0.3, -0.25) is 0 Å². The van der Waals surface area contributed by atoms with E-state index >= 15 is 0 Å². The lowest BCUT2D eigenvalue weighted by Gasteiger charge is -2.20. The third-order valence-electron chi connectivity index (χ3n) is 4.33. The Hall–Kier alpha value is -1.06. The molecule has 0 spiro atoms. The molecule has 3 nitrogen and oxygen atoms in total. The molecule has 3 heteroatoms. The number of para-hydroxylation sites is 1. The van der Waals surface area contributed by atoms with Crippen LogP contribution in [0.2, 0.25) is 0 Å². The van der Waals surface area contributed by atoms with Crippen LogP contribution >= 0.6 is 0 Å². The largest absolute Gasteiger partial charge is 0.490 e. The molecule has 1 fully saturated rings. The normalized spacial score (nSPS) is 18.2. The predicted molar refractivity (Wildman–Crippen MR) is 86.9 cm³/mol. The zero-order valence-electron chi connectivity index (χ0n) is 13.4. The number of benzene rings is 1. The SMILES string of the molecule is Cc1cccc(C)c1OCC(O)CNC1CCCCCC1. The van der Waals surface area contributed by atoms with Crippen molar-refractivity contribution >= 4 is 0 Å². The van der Waals surface area contributed by atoms with E-state index in [0.717, 1.165) is 16.9 Å². The minimum atomic E-state index is -0.452. The van der Waals surface area contributed by atoms with E-state index in [1.807, 2.05) is 32.0 Å². The van der Waals surface area contributed by atoms with E-state index in [9.17, 15) is 5.11 Å². The van der Waals surface area contributed by atoms with Gasteiger partial charge in [0.2, 0.25) is 0 Å². The molecule has 2 N–H and O–H groups in total. The highest BCUT2D eigenvalue weighted by Crippen LogP contribution is 2.22. The first-order valence-electron chi connectivity index (χ1n) is 8.27. The van der Waals surface area contributed by atoms with E-state index in [2.05, 4.69) is 5.32 Å². The van der Waals surface area contributed by atoms with Crippen molar-refractivity contribution in [3.05, 3.63) is 29.3 Å². The van der Waals surface area contributed by atoms with Crippen molar-refractivity contribution in [2.45, 2.75) is 64.5 Å². The number of hydrogen-bond acceptors (Lipinski definition) is 3. The maximum absolute atomic E-state index is 10.1. The van der Waals surface area contributed by atoms with Gasteiger partial charge in [-0.2, -0.15) is 0 Å². The molecule has 1 saturated carbocycles. The van der Waals surface area contributed by atoms with Gasteiger partial charge in [-0.05, 0) is 37.8 Å². The van der Waals surface area contributed by atoms with E-state index in [1.165, 1.54) is 38.5 Å². The molecule has 21 heavy (non-hydrogen) atoms. The van der Waals surface area contributed by atoms with Gasteiger partial charge in [-0.25, -0.2) is 0 Å². The van der Waals surface area contributed by atoms with Gasteiger partial charge in [0.15, 0.2) is 0 Å². The summed E-state index contributed by atoms with van der Waals surface area (Å²) in [6.07, 6.45) is 7.37. The van der Waals surface area contributed by atoms with Crippen molar-refractivity contribution in [1.29, 1.82) is 0 Å². The average Bonchev–Trinajstić information content (AvgIpc) is 2.73. The Morgan fingerprint density at radius 2 is 1.76 bits per heavy atom. The van der Waals surface area contributed by atoms with Crippen LogP contribution in [0.15, 0.2) is 18.2 Å². The fraction of sp³-hybridized carbons (Fsp3) is 0.667. The number of hydrogen-bond donors (Lipinski definition) is 2. The molecule has 0 aliphatic heterocycles. The van der Waals surface area contributed by atoms with E-state index in [1.54, 1.807) is 0 Å². The van der Waals surface area contributed by atoms with Crippen molar-refractivity contribution in [2.75, 3.05) is 13.2 Å². The number of rotatable bonds is 6. The Kier molecular flexibility index (Phi) is 6.52. The summed E-state index contributed by atoms with van der Waals surface area (Å²) >= 11 is 0. The second-order valence-electron chi connectivity index (χ2n) is 6.28. The minimum absolute atomic E-state index is 0.353. The number of ether oxygens (including phenoxy) is 1. The first-order valence-corrected chi connectivity index (χ1v) is 8.27. The molecule has 0 bridgehead atoms. The lowest BCUT2D eigenvalue weighted by molar-refractivity contribution is 0.102. The van der Waals surface area contributed by atoms with Crippen LogP contribution in [-0.4, -0.2) is 30.4 Å². The summed E-state index contributed by atoms with van der Waals surface area (Å²) in [6, 6.07) is 6.68. The summed E-state index contributed by atoms with van der Waals surface area (Å²) < 4.78 is 5.80. The van der Waals surface area contributed by atoms with Gasteiger partial charge in [0.05, 0.1) is 0 Å². The quantitative estimate of drug-likeness (QED) is 0.790. The van der Waals surface area contributed by atoms with Gasteiger partial charge in [-0.1, -0.05) is 43.9 Å². The number of aryl methyl sites for hydroxylation is 2. The van der Waals surface area contributed by atoms with Gasteiger partial charge in [0.1, 0.15) is 18.5 Å². The molecular formula is C18H29NO2. The molecule has 0 aromatic heterocycles. The van der Waals surface area contributed by atoms with Crippen LogP contribution in [0.4, 0.5) is 0 Å². The first-order chi connectivity index (χ1) is 10.2. The van der Waals surface area contributed by atoms with Gasteiger partial charge in [0.25, 0.3) is 0 Å². The van der Waals surface area contributed by atoms with Crippen LogP contribution in [0.25, 0.3) is 0 Å². The molecule has 1 aliphatic rings. The van der Waals surface area contributed by atoms with Crippen molar-refractivity contribution in [3.63, 3.8) is 0 Å². The van der Waals surface area contributed by atoms with E-state index < -0.39 is 6.10 Å². The fourth-order valence-electron chi connectivity index (χ4n) is 3.05. The van der Waals surface area contributed by atoms with Crippen molar-refractivity contribution in [1.82, 2.24) is 5.32 Å². The predicted octanol–water partition coefficient (Wildman–Crippen LogP) is 3.36. The van der Waals surface area contributed by atoms with Crippen LogP contribution in [0, 0.1) is 13.8 Å². The van der Waals surface area contributed by atoms with E-state index in [4.69, 9.17) is 4.74 Å². The maximum Gasteiger partial charge on any atom is 0.125 e. The summed E-state index contributed by atoms with van der Waals surface area (Å²) in [5, 5.41) is 13.6. The number of aliphatic hydroxyl groups excluding tert-OH is 1. The highest BCUT2D eigenvalue weighted by molar-refractivity contribution is 5.39. The van der Waals surface area contributed by atoms with E-state index in [-0.39, 0.29) is 0 Å². The van der Waals surface area contributed by atoms with Crippen LogP contribution < -0.4 is 10.1 Å². The topological polar surface area (TPSA) is 41.5 Å². The molecule has 1 aliphatic carbocycles. The first kappa shape index (κ1) is 16.3. The number of aliphatic hydroxyl groups is 1. The Balaban J connectivity index is 1.73. The zero-order valence-corrected chi connectivity index (χ0v) is 13.4. The Labute approximate surface area is 128 Å². The Bertz CT molecular complexity index is 405. The average molecular weight is 291 g/mol. The van der Waals surface area contributed by atoms with Crippen LogP contribution in [0.5, 0.6) is 5.75 Å². The van der Waals surface area contributed by atoms with Gasteiger partial charge in [0, 0.05) is 12.6 Å². The van der Waals surface area contributed by atoms with Gasteiger partial charge in [-0.15, -0.1) is 0 Å². The highest BCUT2D eigenvalue weighted by Gasteiger charge is 2.14. The number of nitrogens with one attached hydrogen (secondary N) is 1. The molecule has 118 valence electrons. The van der Waals surface area contributed by atoms with Crippen molar-refractivity contribution in [3.8, 4) is 5.75 Å². The third kappa shape index (κ3) is 5.33. The smallest absolute Gasteiger partial charge is 0.125 e. The molecule has 1 aromatic carbocycles. The summed E-state index contributed by atoms with van der Waals surface area (Å²) in [7, 11) is 0. The van der Waals surface area contributed by atoms with Crippen molar-refractivity contribution < 1.29 is 9.84 Å². The highest BCUT2D eigenvalue weighted by atomic mass is 16.5. The second-order valence-corrected chi connectivity index (χ2v) is 6.28. The lowest BCUT2D eigenvalue weighted by Crippen LogP contribution is -2.37. The molecule has 1 atom stereocenters. The summed E-state index contributed by atoms with van der Waals surface area (Å²) in [5.41, 5.74) is 2.25. The van der Waals surface area contributed by atoms with Gasteiger partial charge >= 0.3 is 0 Å². The summed E-state index contributed by atoms with van der Waals surface area (Å²) in [4.78, 5) is 0. The molecular weight excluding hydrogens is 262 g/mol.